The Hall–Kier alpha value is -15.6. The Labute approximate surface area is 683 Å². The Kier molecular flexibility index (Phi) is 16.2. The third-order valence-electron chi connectivity index (χ3n) is 24.4. The predicted molar refractivity (Wildman–Crippen MR) is 502 cm³/mol. The topological polar surface area (TPSA) is 16.3 Å². The lowest BCUT2D eigenvalue weighted by molar-refractivity contribution is 1.18. The summed E-state index contributed by atoms with van der Waals surface area (Å²) < 4.78 is 4.89. The third-order valence-corrected chi connectivity index (χ3v) is 24.4. The number of para-hydroxylation sites is 2. The molecule has 118 heavy (non-hydrogen) atoms. The summed E-state index contributed by atoms with van der Waals surface area (Å²) in [6.07, 6.45) is 0. The number of fused-ring (bicyclic) bond motifs is 15. The minimum absolute atomic E-state index is 1.06. The molecule has 0 radical (unpaired) electrons. The summed E-state index contributed by atoms with van der Waals surface area (Å²) in [7, 11) is 0. The van der Waals surface area contributed by atoms with Crippen molar-refractivity contribution in [2.45, 2.75) is 0 Å². The van der Waals surface area contributed by atoms with E-state index in [9.17, 15) is 0 Å². The maximum Gasteiger partial charge on any atom is 0.0547 e. The maximum absolute atomic E-state index is 2.49. The molecule has 4 nitrogen and oxygen atoms in total. The molecule has 0 amide bonds. The lowest BCUT2D eigenvalue weighted by Gasteiger charge is -2.29. The molecule has 550 valence electrons. The van der Waals surface area contributed by atoms with Crippen molar-refractivity contribution in [3.05, 3.63) is 449 Å². The molecule has 0 unspecified atom stereocenters. The fourth-order valence-corrected chi connectivity index (χ4v) is 19.0. The van der Waals surface area contributed by atoms with Gasteiger partial charge in [0.25, 0.3) is 0 Å². The molecule has 2 heterocycles. The maximum atomic E-state index is 2.49. The summed E-state index contributed by atoms with van der Waals surface area (Å²) in [5.41, 5.74) is 27.4. The first kappa shape index (κ1) is 68.0. The molecule has 0 saturated heterocycles. The Bertz CT molecular complexity index is 7900. The van der Waals surface area contributed by atoms with Gasteiger partial charge in [0, 0.05) is 66.1 Å². The third kappa shape index (κ3) is 11.4. The van der Waals surface area contributed by atoms with Crippen molar-refractivity contribution in [2.75, 3.05) is 9.80 Å². The summed E-state index contributed by atoms with van der Waals surface area (Å²) in [5.74, 6) is 0. The Morgan fingerprint density at radius 3 is 1.08 bits per heavy atom. The molecular weight excluding hydrogens is 1430 g/mol. The zero-order chi connectivity index (χ0) is 77.7. The number of aromatic nitrogens is 2. The van der Waals surface area contributed by atoms with Crippen LogP contribution in [0.2, 0.25) is 0 Å². The van der Waals surface area contributed by atoms with Crippen LogP contribution in [0.5, 0.6) is 0 Å². The highest BCUT2D eigenvalue weighted by atomic mass is 15.2. The predicted octanol–water partition coefficient (Wildman–Crippen LogP) is 31.7. The number of nitrogens with zero attached hydrogens (tertiary/aromatic N) is 4. The summed E-state index contributed by atoms with van der Waals surface area (Å²) in [5, 5.41) is 19.4. The molecule has 2 aromatic heterocycles. The van der Waals surface area contributed by atoms with Crippen molar-refractivity contribution >= 4 is 142 Å². The second kappa shape index (κ2) is 28.2. The van der Waals surface area contributed by atoms with Crippen molar-refractivity contribution < 1.29 is 0 Å². The van der Waals surface area contributed by atoms with Gasteiger partial charge in [-0.05, 0) is 243 Å². The highest BCUT2D eigenvalue weighted by Crippen LogP contribution is 2.50. The second-order valence-corrected chi connectivity index (χ2v) is 31.0. The van der Waals surface area contributed by atoms with Gasteiger partial charge in [-0.3, -0.25) is 0 Å². The molecule has 0 fully saturated rings. The number of hydrogen-bond acceptors (Lipinski definition) is 2. The van der Waals surface area contributed by atoms with E-state index < -0.39 is 0 Å². The molecule has 0 aliphatic heterocycles. The van der Waals surface area contributed by atoms with Gasteiger partial charge in [0.1, 0.15) is 0 Å². The first-order valence-electron chi connectivity index (χ1n) is 40.7. The molecule has 0 spiro atoms. The van der Waals surface area contributed by atoms with E-state index in [-0.39, 0.29) is 0 Å². The fraction of sp³-hybridized carbons (Fsp3) is 0. The van der Waals surface area contributed by atoms with Crippen molar-refractivity contribution in [1.82, 2.24) is 9.13 Å². The van der Waals surface area contributed by atoms with Crippen LogP contribution in [0.25, 0.3) is 186 Å². The van der Waals surface area contributed by atoms with Crippen LogP contribution in [0.15, 0.2) is 449 Å². The molecule has 0 atom stereocenters. The van der Waals surface area contributed by atoms with Gasteiger partial charge in [0.2, 0.25) is 0 Å². The average Bonchev–Trinajstić information content (AvgIpc) is 1.56. The van der Waals surface area contributed by atoms with Gasteiger partial charge >= 0.3 is 0 Å². The van der Waals surface area contributed by atoms with Crippen LogP contribution in [-0.2, 0) is 0 Å². The quantitative estimate of drug-likeness (QED) is 0.101. The van der Waals surface area contributed by atoms with Crippen LogP contribution in [-0.4, -0.2) is 9.13 Å². The molecule has 0 aliphatic rings. The monoisotopic (exact) mass is 1500 g/mol. The molecule has 21 aromatic carbocycles. The summed E-state index contributed by atoms with van der Waals surface area (Å²) in [4.78, 5) is 4.94. The van der Waals surface area contributed by atoms with E-state index in [0.29, 0.717) is 0 Å². The molecule has 23 aromatic rings. The zero-order valence-corrected chi connectivity index (χ0v) is 64.5. The molecular formula is C114H74N4. The van der Waals surface area contributed by atoms with Gasteiger partial charge < -0.3 is 18.9 Å². The second-order valence-electron chi connectivity index (χ2n) is 31.0. The van der Waals surface area contributed by atoms with Gasteiger partial charge in [-0.1, -0.05) is 322 Å². The highest BCUT2D eigenvalue weighted by molar-refractivity contribution is 6.27. The zero-order valence-electron chi connectivity index (χ0n) is 64.5. The van der Waals surface area contributed by atoms with Crippen molar-refractivity contribution in [2.24, 2.45) is 0 Å². The summed E-state index contributed by atoms with van der Waals surface area (Å²) in [6, 6.07) is 166. The van der Waals surface area contributed by atoms with Crippen LogP contribution in [0, 0.1) is 0 Å². The number of hydrogen-bond donors (Lipinski definition) is 0. The van der Waals surface area contributed by atoms with Crippen molar-refractivity contribution in [3.8, 4) is 78.1 Å². The molecule has 4 heteroatoms. The highest BCUT2D eigenvalue weighted by Gasteiger charge is 2.26. The smallest absolute Gasteiger partial charge is 0.0547 e. The van der Waals surface area contributed by atoms with Gasteiger partial charge in [-0.25, -0.2) is 0 Å². The van der Waals surface area contributed by atoms with Gasteiger partial charge in [0.15, 0.2) is 0 Å². The lowest BCUT2D eigenvalue weighted by Crippen LogP contribution is -2.11. The van der Waals surface area contributed by atoms with E-state index in [1.165, 1.54) is 114 Å². The van der Waals surface area contributed by atoms with E-state index in [2.05, 4.69) is 468 Å². The lowest BCUT2D eigenvalue weighted by atomic mass is 9.92. The number of benzene rings is 21. The molecule has 0 N–H and O–H groups in total. The van der Waals surface area contributed by atoms with Crippen molar-refractivity contribution in [3.63, 3.8) is 0 Å². The van der Waals surface area contributed by atoms with Crippen LogP contribution < -0.4 is 9.80 Å². The van der Waals surface area contributed by atoms with E-state index in [1.54, 1.807) is 0 Å². The molecule has 0 saturated carbocycles. The van der Waals surface area contributed by atoms with Crippen LogP contribution in [0.1, 0.15) is 0 Å². The first-order chi connectivity index (χ1) is 58.5. The Balaban J connectivity index is 0.612. The normalized spacial score (nSPS) is 11.7. The SMILES string of the molecule is c1ccc(-c2cc(-c3ccc(-c4ccc5c(ccc6c5c5c(-c7cccc(N(c8cccc9ccccc89)c8cc9ccccc9c9ccccc89)c7)cccc5n6-c5ccccc5)c4)cc3)cc(-c3ccc(N(c4cccc(-c5cccc6c5c5c7ccccc7ccc5n6-c5ccccc5)c4)c4cccc5ccccc45)cc3)c2)cc1. The number of rotatable bonds is 14. The minimum Gasteiger partial charge on any atom is -0.310 e. The minimum atomic E-state index is 1.06. The first-order valence-corrected chi connectivity index (χ1v) is 40.7. The average molecular weight is 1500 g/mol. The van der Waals surface area contributed by atoms with Crippen molar-refractivity contribution in [1.29, 1.82) is 0 Å². The Morgan fingerprint density at radius 2 is 0.517 bits per heavy atom. The summed E-state index contributed by atoms with van der Waals surface area (Å²) >= 11 is 0. The fourth-order valence-electron chi connectivity index (χ4n) is 19.0. The molecule has 23 rings (SSSR count). The molecule has 0 aliphatic carbocycles. The van der Waals surface area contributed by atoms with E-state index in [4.69, 9.17) is 0 Å². The summed E-state index contributed by atoms with van der Waals surface area (Å²) in [6.45, 7) is 0. The van der Waals surface area contributed by atoms with E-state index >= 15 is 0 Å². The van der Waals surface area contributed by atoms with E-state index in [0.717, 1.165) is 107 Å². The van der Waals surface area contributed by atoms with E-state index in [1.807, 2.05) is 0 Å². The van der Waals surface area contributed by atoms with Crippen LogP contribution >= 0.6 is 0 Å². The Morgan fingerprint density at radius 1 is 0.153 bits per heavy atom. The van der Waals surface area contributed by atoms with Crippen LogP contribution in [0.3, 0.4) is 0 Å². The van der Waals surface area contributed by atoms with Gasteiger partial charge in [-0.2, -0.15) is 0 Å². The van der Waals surface area contributed by atoms with Crippen LogP contribution in [0.4, 0.5) is 34.1 Å². The van der Waals surface area contributed by atoms with Gasteiger partial charge in [0.05, 0.1) is 39.1 Å². The van der Waals surface area contributed by atoms with Gasteiger partial charge in [-0.15, -0.1) is 0 Å². The molecule has 0 bridgehead atoms. The largest absolute Gasteiger partial charge is 0.310 e. The standard InChI is InChI=1S/C114H74N4/c1-4-26-75(27-5-1)87-69-88(71-89(70-87)78-58-63-92(64-59-78)115(104-50-22-32-79-28-10-15-43-96(79)104)93-40-20-34-83(72-93)99-48-24-52-106-112(99)111-98-45-17-12-30-81(98)61-66-108(111)116(106)90-36-6-2-7-37-90)77-56-54-76(55-57-77)82-60-65-101-86(68-82)62-67-109-114(101)113-100(49-25-53-107(113)117(109)91-38-8-3-9-39-91)84-35-21-41-94(73-84)118(105-51-23-33-80-29-11-16-44-97(80)105)110-74-85-31-13-14-42-95(85)102-46-18-19-47-103(102)110/h1-74H. The number of anilines is 6.